The Morgan fingerprint density at radius 2 is 1.72 bits per heavy atom. The molecule has 3 N–H and O–H groups in total. The molecule has 25 heavy (non-hydrogen) atoms. The van der Waals surface area contributed by atoms with Crippen LogP contribution in [0.4, 0.5) is 0 Å². The van der Waals surface area contributed by atoms with Gasteiger partial charge in [0.05, 0.1) is 24.3 Å². The summed E-state index contributed by atoms with van der Waals surface area (Å²) in [5, 5.41) is 29.8. The Bertz CT molecular complexity index is 917. The minimum atomic E-state index is -0.701. The fourth-order valence-electron chi connectivity index (χ4n) is 3.01. The van der Waals surface area contributed by atoms with Gasteiger partial charge in [0.15, 0.2) is 5.78 Å². The predicted octanol–water partition coefficient (Wildman–Crippen LogP) is 2.46. The van der Waals surface area contributed by atoms with Crippen molar-refractivity contribution in [2.75, 3.05) is 7.11 Å². The molecule has 6 nitrogen and oxygen atoms in total. The number of phenols is 2. The summed E-state index contributed by atoms with van der Waals surface area (Å²) >= 11 is 5.96. The molecule has 3 rings (SSSR count). The molecule has 0 radical (unpaired) electrons. The molecule has 0 saturated heterocycles. The van der Waals surface area contributed by atoms with Crippen molar-refractivity contribution >= 4 is 23.2 Å². The number of phenolic OH excluding ortho intramolecular Hbond substituents is 2. The second-order valence-electron chi connectivity index (χ2n) is 5.91. The molecular formula is C18H15ClO6. The van der Waals surface area contributed by atoms with E-state index in [1.807, 2.05) is 0 Å². The molecular weight excluding hydrogens is 348 g/mol. The minimum Gasteiger partial charge on any atom is -0.507 e. The van der Waals surface area contributed by atoms with Crippen LogP contribution in [0.5, 0.6) is 17.2 Å². The van der Waals surface area contributed by atoms with E-state index in [1.165, 1.54) is 25.3 Å². The summed E-state index contributed by atoms with van der Waals surface area (Å²) in [6.45, 7) is 1.57. The van der Waals surface area contributed by atoms with Crippen molar-refractivity contribution < 1.29 is 29.6 Å². The topological polar surface area (TPSA) is 104 Å². The molecule has 0 saturated carbocycles. The molecule has 0 aromatic heterocycles. The number of rotatable bonds is 3. The van der Waals surface area contributed by atoms with Crippen molar-refractivity contribution in [3.8, 4) is 17.2 Å². The number of aliphatic hydroxyl groups excluding tert-OH is 1. The smallest absolute Gasteiger partial charge is 0.202 e. The molecule has 0 fully saturated rings. The standard InChI is InChI=1S/C18H15ClO6/c1-7(20)3-8-4-9-13(11(21)5-8)17(23)14-10(16(9)22)6-12(25-2)15(19)18(14)24/h4-7,20-21,24H,3H2,1-2H3. The molecule has 0 spiro atoms. The van der Waals surface area contributed by atoms with E-state index in [0.717, 1.165) is 0 Å². The Morgan fingerprint density at radius 3 is 2.32 bits per heavy atom. The fraction of sp³-hybridized carbons (Fsp3) is 0.222. The van der Waals surface area contributed by atoms with Gasteiger partial charge in [0.1, 0.15) is 22.3 Å². The molecule has 1 aliphatic rings. The zero-order valence-corrected chi connectivity index (χ0v) is 14.2. The highest BCUT2D eigenvalue weighted by molar-refractivity contribution is 6.37. The molecule has 0 amide bonds. The Balaban J connectivity index is 2.27. The molecule has 0 bridgehead atoms. The van der Waals surface area contributed by atoms with E-state index in [0.29, 0.717) is 5.56 Å². The first kappa shape index (κ1) is 17.3. The number of benzene rings is 2. The normalized spacial score (nSPS) is 14.1. The summed E-state index contributed by atoms with van der Waals surface area (Å²) in [6, 6.07) is 4.08. The molecule has 130 valence electrons. The molecule has 2 aromatic rings. The summed E-state index contributed by atoms with van der Waals surface area (Å²) < 4.78 is 5.03. The van der Waals surface area contributed by atoms with Crippen LogP contribution in [-0.4, -0.2) is 40.1 Å². The SMILES string of the molecule is COc1cc2c(c(O)c1Cl)C(=O)c1c(O)cc(CC(C)O)cc1C2=O. The van der Waals surface area contributed by atoms with E-state index >= 15 is 0 Å². The first-order valence-electron chi connectivity index (χ1n) is 7.49. The number of ketones is 2. The third kappa shape index (κ3) is 2.63. The van der Waals surface area contributed by atoms with Gasteiger partial charge in [-0.2, -0.15) is 0 Å². The van der Waals surface area contributed by atoms with Crippen molar-refractivity contribution in [3.05, 3.63) is 51.0 Å². The number of hydrogen-bond acceptors (Lipinski definition) is 6. The van der Waals surface area contributed by atoms with Crippen LogP contribution in [0.15, 0.2) is 18.2 Å². The zero-order chi connectivity index (χ0) is 18.5. The molecule has 1 aliphatic carbocycles. The van der Waals surface area contributed by atoms with Gasteiger partial charge in [0, 0.05) is 11.1 Å². The van der Waals surface area contributed by atoms with Gasteiger partial charge in [-0.3, -0.25) is 9.59 Å². The Kier molecular flexibility index (Phi) is 4.18. The maximum absolute atomic E-state index is 12.8. The van der Waals surface area contributed by atoms with E-state index in [-0.39, 0.29) is 45.2 Å². The monoisotopic (exact) mass is 362 g/mol. The van der Waals surface area contributed by atoms with Crippen LogP contribution in [0.1, 0.15) is 44.3 Å². The van der Waals surface area contributed by atoms with Crippen molar-refractivity contribution in [2.45, 2.75) is 19.4 Å². The van der Waals surface area contributed by atoms with Gasteiger partial charge >= 0.3 is 0 Å². The summed E-state index contributed by atoms with van der Waals surface area (Å²) in [7, 11) is 1.32. The lowest BCUT2D eigenvalue weighted by atomic mass is 9.81. The van der Waals surface area contributed by atoms with Gasteiger partial charge in [-0.1, -0.05) is 11.6 Å². The Labute approximate surface area is 148 Å². The quantitative estimate of drug-likeness (QED) is 0.661. The lowest BCUT2D eigenvalue weighted by Gasteiger charge is -2.22. The molecule has 1 unspecified atom stereocenters. The second kappa shape index (κ2) is 6.06. The summed E-state index contributed by atoms with van der Waals surface area (Å²) in [5.74, 6) is -2.13. The maximum Gasteiger partial charge on any atom is 0.202 e. The van der Waals surface area contributed by atoms with Crippen molar-refractivity contribution in [1.29, 1.82) is 0 Å². The molecule has 0 aliphatic heterocycles. The Morgan fingerprint density at radius 1 is 1.08 bits per heavy atom. The number of methoxy groups -OCH3 is 1. The minimum absolute atomic E-state index is 0.0110. The lowest BCUT2D eigenvalue weighted by Crippen LogP contribution is -2.22. The van der Waals surface area contributed by atoms with E-state index in [2.05, 4.69) is 0 Å². The van der Waals surface area contributed by atoms with Gasteiger partial charge < -0.3 is 20.1 Å². The number of carbonyl (C=O) groups excluding carboxylic acids is 2. The van der Waals surface area contributed by atoms with E-state index in [1.54, 1.807) is 6.92 Å². The molecule has 0 heterocycles. The molecule has 2 aromatic carbocycles. The number of ether oxygens (including phenoxy) is 1. The first-order valence-corrected chi connectivity index (χ1v) is 7.86. The predicted molar refractivity (Wildman–Crippen MR) is 90.0 cm³/mol. The number of fused-ring (bicyclic) bond motifs is 2. The van der Waals surface area contributed by atoms with Crippen LogP contribution in [0.25, 0.3) is 0 Å². The number of aliphatic hydroxyl groups is 1. The van der Waals surface area contributed by atoms with E-state index < -0.39 is 23.4 Å². The van der Waals surface area contributed by atoms with Gasteiger partial charge in [-0.05, 0) is 37.1 Å². The first-order chi connectivity index (χ1) is 11.8. The van der Waals surface area contributed by atoms with Crippen LogP contribution in [-0.2, 0) is 6.42 Å². The maximum atomic E-state index is 12.8. The number of aromatic hydroxyl groups is 2. The number of hydrogen-bond donors (Lipinski definition) is 3. The van der Waals surface area contributed by atoms with E-state index in [4.69, 9.17) is 16.3 Å². The largest absolute Gasteiger partial charge is 0.507 e. The third-order valence-corrected chi connectivity index (χ3v) is 4.44. The van der Waals surface area contributed by atoms with Crippen molar-refractivity contribution in [2.24, 2.45) is 0 Å². The van der Waals surface area contributed by atoms with Crippen LogP contribution in [0.3, 0.4) is 0 Å². The number of halogens is 1. The summed E-state index contributed by atoms with van der Waals surface area (Å²) in [4.78, 5) is 25.6. The van der Waals surface area contributed by atoms with Crippen LogP contribution in [0, 0.1) is 0 Å². The van der Waals surface area contributed by atoms with Gasteiger partial charge in [-0.25, -0.2) is 0 Å². The van der Waals surface area contributed by atoms with Crippen LogP contribution in [0.2, 0.25) is 5.02 Å². The number of carbonyl (C=O) groups is 2. The van der Waals surface area contributed by atoms with Crippen LogP contribution >= 0.6 is 11.6 Å². The van der Waals surface area contributed by atoms with Gasteiger partial charge in [0.2, 0.25) is 5.78 Å². The Hall–Kier alpha value is -2.57. The van der Waals surface area contributed by atoms with Crippen molar-refractivity contribution in [1.82, 2.24) is 0 Å². The third-order valence-electron chi connectivity index (χ3n) is 4.08. The highest BCUT2D eigenvalue weighted by Crippen LogP contribution is 2.44. The zero-order valence-electron chi connectivity index (χ0n) is 13.5. The highest BCUT2D eigenvalue weighted by Gasteiger charge is 2.36. The van der Waals surface area contributed by atoms with Crippen LogP contribution < -0.4 is 4.74 Å². The average molecular weight is 363 g/mol. The van der Waals surface area contributed by atoms with E-state index in [9.17, 15) is 24.9 Å². The molecule has 1 atom stereocenters. The van der Waals surface area contributed by atoms with Gasteiger partial charge in [-0.15, -0.1) is 0 Å². The average Bonchev–Trinajstić information content (AvgIpc) is 2.53. The lowest BCUT2D eigenvalue weighted by molar-refractivity contribution is 0.0973. The van der Waals surface area contributed by atoms with Gasteiger partial charge in [0.25, 0.3) is 0 Å². The molecule has 7 heteroatoms. The summed E-state index contributed by atoms with van der Waals surface area (Å²) in [5.41, 5.74) is 0.0213. The second-order valence-corrected chi connectivity index (χ2v) is 6.29. The fourth-order valence-corrected chi connectivity index (χ4v) is 3.24. The van der Waals surface area contributed by atoms with Crippen molar-refractivity contribution in [3.63, 3.8) is 0 Å². The summed E-state index contributed by atoms with van der Waals surface area (Å²) in [6.07, 6.45) is -0.466. The highest BCUT2D eigenvalue weighted by atomic mass is 35.5.